The first kappa shape index (κ1) is 17.4. The van der Waals surface area contributed by atoms with Crippen LogP contribution in [0.1, 0.15) is 34.5 Å². The minimum absolute atomic E-state index is 0.0192. The van der Waals surface area contributed by atoms with Crippen LogP contribution in [-0.2, 0) is 6.42 Å². The molecule has 1 saturated heterocycles. The van der Waals surface area contributed by atoms with Crippen molar-refractivity contribution in [2.24, 2.45) is 0 Å². The molecule has 6 heteroatoms. The summed E-state index contributed by atoms with van der Waals surface area (Å²) < 4.78 is 1.82. The zero-order valence-corrected chi connectivity index (χ0v) is 15.4. The molecule has 2 aromatic heterocycles. The van der Waals surface area contributed by atoms with Crippen molar-refractivity contribution >= 4 is 5.91 Å². The van der Waals surface area contributed by atoms with Crippen molar-refractivity contribution in [2.75, 3.05) is 19.6 Å². The number of benzene rings is 1. The van der Waals surface area contributed by atoms with Gasteiger partial charge in [-0.3, -0.25) is 9.36 Å². The van der Waals surface area contributed by atoms with Gasteiger partial charge in [0.2, 0.25) is 0 Å². The largest absolute Gasteiger partial charge is 0.329 e. The van der Waals surface area contributed by atoms with E-state index in [4.69, 9.17) is 0 Å². The summed E-state index contributed by atoms with van der Waals surface area (Å²) in [6, 6.07) is 12.3. The first-order valence-electron chi connectivity index (χ1n) is 9.31. The van der Waals surface area contributed by atoms with Crippen molar-refractivity contribution in [3.63, 3.8) is 0 Å². The monoisotopic (exact) mass is 361 g/mol. The van der Waals surface area contributed by atoms with E-state index in [1.807, 2.05) is 27.8 Å². The van der Waals surface area contributed by atoms with Gasteiger partial charge in [0.15, 0.2) is 0 Å². The van der Waals surface area contributed by atoms with Crippen LogP contribution in [0.25, 0.3) is 5.82 Å². The zero-order chi connectivity index (χ0) is 18.6. The summed E-state index contributed by atoms with van der Waals surface area (Å²) in [4.78, 5) is 23.5. The van der Waals surface area contributed by atoms with Crippen molar-refractivity contribution in [3.8, 4) is 5.82 Å². The number of nitrogens with one attached hydrogen (secondary N) is 1. The molecule has 6 nitrogen and oxygen atoms in total. The summed E-state index contributed by atoms with van der Waals surface area (Å²) in [5, 5.41) is 3.41. The van der Waals surface area contributed by atoms with E-state index >= 15 is 0 Å². The maximum atomic E-state index is 13.1. The van der Waals surface area contributed by atoms with E-state index in [0.29, 0.717) is 12.1 Å². The van der Waals surface area contributed by atoms with Gasteiger partial charge in [0.25, 0.3) is 5.91 Å². The number of hydrogen-bond acceptors (Lipinski definition) is 4. The van der Waals surface area contributed by atoms with Crippen LogP contribution in [-0.4, -0.2) is 45.0 Å². The fraction of sp³-hybridized carbons (Fsp3) is 0.286. The second-order valence-corrected chi connectivity index (χ2v) is 6.69. The molecule has 0 aliphatic carbocycles. The summed E-state index contributed by atoms with van der Waals surface area (Å²) in [6.45, 7) is 4.39. The van der Waals surface area contributed by atoms with Crippen LogP contribution in [0.4, 0.5) is 0 Å². The van der Waals surface area contributed by atoms with E-state index in [-0.39, 0.29) is 11.9 Å². The summed E-state index contributed by atoms with van der Waals surface area (Å²) >= 11 is 0. The van der Waals surface area contributed by atoms with Crippen molar-refractivity contribution < 1.29 is 4.79 Å². The van der Waals surface area contributed by atoms with Crippen molar-refractivity contribution in [1.82, 2.24) is 24.8 Å². The van der Waals surface area contributed by atoms with Gasteiger partial charge in [0.1, 0.15) is 12.1 Å². The fourth-order valence-electron chi connectivity index (χ4n) is 3.45. The zero-order valence-electron chi connectivity index (χ0n) is 15.4. The van der Waals surface area contributed by atoms with E-state index in [2.05, 4.69) is 46.5 Å². The Morgan fingerprint density at radius 2 is 2.07 bits per heavy atom. The summed E-state index contributed by atoms with van der Waals surface area (Å²) in [5.41, 5.74) is 3.08. The number of aryl methyl sites for hydroxylation is 1. The number of amides is 1. The summed E-state index contributed by atoms with van der Waals surface area (Å²) in [6.07, 6.45) is 7.89. The lowest BCUT2D eigenvalue weighted by molar-refractivity contribution is 0.0634. The second kappa shape index (κ2) is 7.72. The molecule has 0 spiro atoms. The molecule has 1 aromatic carbocycles. The molecule has 0 bridgehead atoms. The Kier molecular flexibility index (Phi) is 4.98. The molecule has 0 saturated carbocycles. The van der Waals surface area contributed by atoms with Crippen LogP contribution >= 0.6 is 0 Å². The molecule has 4 rings (SSSR count). The van der Waals surface area contributed by atoms with E-state index < -0.39 is 0 Å². The highest BCUT2D eigenvalue weighted by atomic mass is 16.2. The van der Waals surface area contributed by atoms with Gasteiger partial charge in [0, 0.05) is 38.2 Å². The van der Waals surface area contributed by atoms with E-state index in [1.54, 1.807) is 18.7 Å². The van der Waals surface area contributed by atoms with E-state index in [1.165, 1.54) is 5.56 Å². The topological polar surface area (TPSA) is 63.1 Å². The number of rotatable bonds is 4. The summed E-state index contributed by atoms with van der Waals surface area (Å²) in [7, 11) is 0. The van der Waals surface area contributed by atoms with Crippen molar-refractivity contribution in [3.05, 3.63) is 78.0 Å². The van der Waals surface area contributed by atoms with Crippen LogP contribution in [0.15, 0.2) is 61.3 Å². The van der Waals surface area contributed by atoms with Crippen LogP contribution in [0.2, 0.25) is 0 Å². The third-order valence-corrected chi connectivity index (χ3v) is 5.04. The standard InChI is InChI=1S/C21H23N5O/c1-2-16-3-5-17(6-4-16)19-14-22-10-12-26(19)21(27)18-7-8-20(24-13-18)25-11-9-23-15-25/h3-9,11,13,15,19,22H,2,10,12,14H2,1H3. The molecule has 1 aliphatic rings. The lowest BCUT2D eigenvalue weighted by Crippen LogP contribution is -2.48. The molecular weight excluding hydrogens is 338 g/mol. The molecule has 1 atom stereocenters. The Morgan fingerprint density at radius 3 is 2.74 bits per heavy atom. The molecule has 1 fully saturated rings. The van der Waals surface area contributed by atoms with Crippen molar-refractivity contribution in [1.29, 1.82) is 0 Å². The van der Waals surface area contributed by atoms with Gasteiger partial charge in [-0.1, -0.05) is 31.2 Å². The highest BCUT2D eigenvalue weighted by molar-refractivity contribution is 5.94. The predicted octanol–water partition coefficient (Wildman–Crippen LogP) is 2.62. The van der Waals surface area contributed by atoms with Crippen LogP contribution in [0.3, 0.4) is 0 Å². The van der Waals surface area contributed by atoms with Gasteiger partial charge in [-0.15, -0.1) is 0 Å². The molecule has 138 valence electrons. The minimum Gasteiger partial charge on any atom is -0.329 e. The van der Waals surface area contributed by atoms with Crippen LogP contribution in [0, 0.1) is 0 Å². The first-order chi connectivity index (χ1) is 13.3. The number of imidazole rings is 1. The van der Waals surface area contributed by atoms with Crippen LogP contribution in [0.5, 0.6) is 0 Å². The molecule has 3 aromatic rings. The number of pyridine rings is 1. The number of piperazine rings is 1. The molecule has 1 unspecified atom stereocenters. The van der Waals surface area contributed by atoms with Gasteiger partial charge in [0.05, 0.1) is 11.6 Å². The number of hydrogen-bond donors (Lipinski definition) is 1. The Morgan fingerprint density at radius 1 is 1.22 bits per heavy atom. The van der Waals surface area contributed by atoms with Crippen molar-refractivity contribution in [2.45, 2.75) is 19.4 Å². The van der Waals surface area contributed by atoms with Crippen LogP contribution < -0.4 is 5.32 Å². The molecule has 0 radical (unpaired) electrons. The Labute approximate surface area is 158 Å². The third-order valence-electron chi connectivity index (χ3n) is 5.04. The average molecular weight is 361 g/mol. The Hall–Kier alpha value is -2.99. The molecule has 1 aliphatic heterocycles. The Balaban J connectivity index is 1.56. The fourth-order valence-corrected chi connectivity index (χ4v) is 3.45. The maximum absolute atomic E-state index is 13.1. The predicted molar refractivity (Wildman–Crippen MR) is 104 cm³/mol. The normalized spacial score (nSPS) is 17.1. The van der Waals surface area contributed by atoms with Gasteiger partial charge < -0.3 is 10.2 Å². The lowest BCUT2D eigenvalue weighted by atomic mass is 10.00. The third kappa shape index (κ3) is 3.61. The SMILES string of the molecule is CCc1ccc(C2CNCCN2C(=O)c2ccc(-n3ccnc3)nc2)cc1. The molecule has 1 N–H and O–H groups in total. The lowest BCUT2D eigenvalue weighted by Gasteiger charge is -2.36. The maximum Gasteiger partial charge on any atom is 0.256 e. The minimum atomic E-state index is 0.0192. The van der Waals surface area contributed by atoms with Gasteiger partial charge >= 0.3 is 0 Å². The van der Waals surface area contributed by atoms with E-state index in [9.17, 15) is 4.79 Å². The number of carbonyl (C=O) groups is 1. The Bertz CT molecular complexity index is 887. The van der Waals surface area contributed by atoms with Gasteiger partial charge in [-0.2, -0.15) is 0 Å². The van der Waals surface area contributed by atoms with Gasteiger partial charge in [-0.05, 0) is 29.7 Å². The number of nitrogens with zero attached hydrogens (tertiary/aromatic N) is 4. The molecule has 27 heavy (non-hydrogen) atoms. The quantitative estimate of drug-likeness (QED) is 0.776. The average Bonchev–Trinajstić information content (AvgIpc) is 3.28. The molecule has 3 heterocycles. The van der Waals surface area contributed by atoms with Gasteiger partial charge in [-0.25, -0.2) is 9.97 Å². The highest BCUT2D eigenvalue weighted by Gasteiger charge is 2.28. The highest BCUT2D eigenvalue weighted by Crippen LogP contribution is 2.25. The number of aromatic nitrogens is 3. The summed E-state index contributed by atoms with van der Waals surface area (Å²) in [5.74, 6) is 0.766. The molecule has 1 amide bonds. The van der Waals surface area contributed by atoms with E-state index in [0.717, 1.165) is 30.9 Å². The first-order valence-corrected chi connectivity index (χ1v) is 9.31. The molecular formula is C21H23N5O. The smallest absolute Gasteiger partial charge is 0.256 e. The number of carbonyl (C=O) groups excluding carboxylic acids is 1. The second-order valence-electron chi connectivity index (χ2n) is 6.69.